The van der Waals surface area contributed by atoms with Crippen molar-refractivity contribution < 1.29 is 9.90 Å². The van der Waals surface area contributed by atoms with E-state index in [4.69, 9.17) is 5.73 Å². The predicted molar refractivity (Wildman–Crippen MR) is 60.7 cm³/mol. The van der Waals surface area contributed by atoms with E-state index in [1.54, 1.807) is 6.92 Å². The lowest BCUT2D eigenvalue weighted by Crippen LogP contribution is -2.42. The summed E-state index contributed by atoms with van der Waals surface area (Å²) in [5, 5.41) is 12.7. The van der Waals surface area contributed by atoms with Crippen molar-refractivity contribution in [2.24, 2.45) is 5.73 Å². The van der Waals surface area contributed by atoms with Gasteiger partial charge in [0, 0.05) is 6.42 Å². The minimum absolute atomic E-state index is 0.235. The fourth-order valence-corrected chi connectivity index (χ4v) is 2.03. The van der Waals surface area contributed by atoms with E-state index < -0.39 is 12.1 Å². The van der Waals surface area contributed by atoms with Crippen LogP contribution in [0, 0.1) is 0 Å². The highest BCUT2D eigenvalue weighted by atomic mass is 16.3. The van der Waals surface area contributed by atoms with Crippen LogP contribution in [0.15, 0.2) is 24.3 Å². The van der Waals surface area contributed by atoms with Crippen molar-refractivity contribution in [1.82, 2.24) is 5.32 Å². The number of nitrogens with two attached hydrogens (primary N) is 1. The van der Waals surface area contributed by atoms with E-state index in [1.807, 2.05) is 24.3 Å². The second-order valence-electron chi connectivity index (χ2n) is 4.25. The number of rotatable bonds is 2. The van der Waals surface area contributed by atoms with E-state index in [1.165, 1.54) is 0 Å². The number of fused-ring (bicyclic) bond motifs is 1. The van der Waals surface area contributed by atoms with Gasteiger partial charge in [0.05, 0.1) is 18.2 Å². The second kappa shape index (κ2) is 4.23. The zero-order valence-electron chi connectivity index (χ0n) is 9.18. The molecule has 0 spiro atoms. The minimum atomic E-state index is -0.556. The highest BCUT2D eigenvalue weighted by Crippen LogP contribution is 2.31. The van der Waals surface area contributed by atoms with E-state index in [2.05, 4.69) is 5.32 Å². The molecule has 1 aliphatic rings. The van der Waals surface area contributed by atoms with Gasteiger partial charge in [0.1, 0.15) is 0 Å². The number of nitrogens with one attached hydrogen (secondary N) is 1. The first-order chi connectivity index (χ1) is 7.59. The Balaban J connectivity index is 2.19. The second-order valence-corrected chi connectivity index (χ2v) is 4.25. The van der Waals surface area contributed by atoms with Crippen LogP contribution < -0.4 is 11.1 Å². The number of carbonyl (C=O) groups is 1. The molecule has 0 fully saturated rings. The molecular formula is C12H16N2O2. The average molecular weight is 220 g/mol. The third kappa shape index (κ3) is 1.94. The molecule has 3 atom stereocenters. The fraction of sp³-hybridized carbons (Fsp3) is 0.417. The molecule has 4 N–H and O–H groups in total. The first kappa shape index (κ1) is 11.1. The summed E-state index contributed by atoms with van der Waals surface area (Å²) in [6.45, 7) is 1.63. The van der Waals surface area contributed by atoms with Gasteiger partial charge >= 0.3 is 0 Å². The van der Waals surface area contributed by atoms with Crippen molar-refractivity contribution in [2.45, 2.75) is 31.5 Å². The Morgan fingerprint density at radius 1 is 1.56 bits per heavy atom. The number of aliphatic hydroxyl groups is 1. The van der Waals surface area contributed by atoms with E-state index in [0.717, 1.165) is 11.1 Å². The molecule has 2 rings (SSSR count). The van der Waals surface area contributed by atoms with Crippen LogP contribution in [0.4, 0.5) is 0 Å². The summed E-state index contributed by atoms with van der Waals surface area (Å²) in [5.41, 5.74) is 7.56. The normalized spacial score (nSPS) is 24.9. The van der Waals surface area contributed by atoms with Gasteiger partial charge in [0.25, 0.3) is 0 Å². The zero-order chi connectivity index (χ0) is 11.7. The molecule has 0 unspecified atom stereocenters. The first-order valence-corrected chi connectivity index (χ1v) is 5.41. The molecule has 1 amide bonds. The van der Waals surface area contributed by atoms with Crippen molar-refractivity contribution in [2.75, 3.05) is 0 Å². The maximum Gasteiger partial charge on any atom is 0.237 e. The lowest BCUT2D eigenvalue weighted by molar-refractivity contribution is -0.123. The number of amides is 1. The fourth-order valence-electron chi connectivity index (χ4n) is 2.03. The monoisotopic (exact) mass is 220 g/mol. The summed E-state index contributed by atoms with van der Waals surface area (Å²) < 4.78 is 0. The molecule has 1 aliphatic carbocycles. The van der Waals surface area contributed by atoms with Crippen LogP contribution in [-0.2, 0) is 11.2 Å². The molecule has 0 bridgehead atoms. The number of benzene rings is 1. The summed E-state index contributed by atoms with van der Waals surface area (Å²) in [6, 6.07) is 6.85. The molecule has 4 nitrogen and oxygen atoms in total. The predicted octanol–water partition coefficient (Wildman–Crippen LogP) is 0.108. The van der Waals surface area contributed by atoms with E-state index in [9.17, 15) is 9.90 Å². The largest absolute Gasteiger partial charge is 0.390 e. The highest BCUT2D eigenvalue weighted by Gasteiger charge is 2.32. The summed E-state index contributed by atoms with van der Waals surface area (Å²) in [5.74, 6) is -0.235. The topological polar surface area (TPSA) is 75.4 Å². The maximum absolute atomic E-state index is 11.5. The van der Waals surface area contributed by atoms with Gasteiger partial charge in [0.2, 0.25) is 5.91 Å². The van der Waals surface area contributed by atoms with E-state index in [0.29, 0.717) is 6.42 Å². The summed E-state index contributed by atoms with van der Waals surface area (Å²) in [4.78, 5) is 11.5. The molecule has 0 aliphatic heterocycles. The Labute approximate surface area is 94.5 Å². The number of carbonyl (C=O) groups excluding carboxylic acids is 1. The summed E-state index contributed by atoms with van der Waals surface area (Å²) in [7, 11) is 0. The van der Waals surface area contributed by atoms with Crippen LogP contribution in [0.25, 0.3) is 0 Å². The number of hydrogen-bond acceptors (Lipinski definition) is 3. The van der Waals surface area contributed by atoms with Crippen LogP contribution in [0.2, 0.25) is 0 Å². The van der Waals surface area contributed by atoms with Crippen LogP contribution in [0.1, 0.15) is 24.1 Å². The molecule has 0 saturated carbocycles. The Morgan fingerprint density at radius 3 is 2.94 bits per heavy atom. The van der Waals surface area contributed by atoms with E-state index >= 15 is 0 Å². The Kier molecular flexibility index (Phi) is 2.94. The van der Waals surface area contributed by atoms with Crippen molar-refractivity contribution >= 4 is 5.91 Å². The molecule has 1 aromatic carbocycles. The number of aliphatic hydroxyl groups excluding tert-OH is 1. The first-order valence-electron chi connectivity index (χ1n) is 5.41. The maximum atomic E-state index is 11.5. The molecule has 86 valence electrons. The van der Waals surface area contributed by atoms with Crippen LogP contribution in [0.5, 0.6) is 0 Å². The van der Waals surface area contributed by atoms with Gasteiger partial charge in [-0.2, -0.15) is 0 Å². The van der Waals surface area contributed by atoms with Crippen molar-refractivity contribution in [3.8, 4) is 0 Å². The van der Waals surface area contributed by atoms with Gasteiger partial charge in [-0.1, -0.05) is 24.3 Å². The van der Waals surface area contributed by atoms with Crippen molar-refractivity contribution in [1.29, 1.82) is 0 Å². The lowest BCUT2D eigenvalue weighted by Gasteiger charge is -2.19. The zero-order valence-corrected chi connectivity index (χ0v) is 9.18. The number of hydrogen-bond donors (Lipinski definition) is 3. The van der Waals surface area contributed by atoms with Gasteiger partial charge < -0.3 is 16.2 Å². The third-order valence-corrected chi connectivity index (χ3v) is 2.92. The SMILES string of the molecule is C[C@H](N)C(=O)N[C@H]1c2ccccc2C[C@H]1O. The third-order valence-electron chi connectivity index (χ3n) is 2.92. The van der Waals surface area contributed by atoms with Crippen LogP contribution in [0.3, 0.4) is 0 Å². The van der Waals surface area contributed by atoms with Gasteiger partial charge in [0.15, 0.2) is 0 Å². The molecule has 0 aromatic heterocycles. The minimum Gasteiger partial charge on any atom is -0.390 e. The Hall–Kier alpha value is -1.39. The highest BCUT2D eigenvalue weighted by molar-refractivity contribution is 5.81. The summed E-state index contributed by atoms with van der Waals surface area (Å²) in [6.07, 6.45) is 0.0279. The molecular weight excluding hydrogens is 204 g/mol. The van der Waals surface area contributed by atoms with Gasteiger partial charge in [-0.3, -0.25) is 4.79 Å². The van der Waals surface area contributed by atoms with E-state index in [-0.39, 0.29) is 11.9 Å². The van der Waals surface area contributed by atoms with Crippen molar-refractivity contribution in [3.63, 3.8) is 0 Å². The van der Waals surface area contributed by atoms with Gasteiger partial charge in [-0.05, 0) is 18.1 Å². The average Bonchev–Trinajstić information content (AvgIpc) is 2.55. The molecule has 16 heavy (non-hydrogen) atoms. The molecule has 0 radical (unpaired) electrons. The summed E-state index contributed by atoms with van der Waals surface area (Å²) >= 11 is 0. The standard InChI is InChI=1S/C12H16N2O2/c1-7(13)12(16)14-11-9-5-3-2-4-8(9)6-10(11)15/h2-5,7,10-11,15H,6,13H2,1H3,(H,14,16)/t7-,10+,11-/m0/s1. The Bertz CT molecular complexity index is 404. The van der Waals surface area contributed by atoms with Crippen molar-refractivity contribution in [3.05, 3.63) is 35.4 Å². The smallest absolute Gasteiger partial charge is 0.237 e. The molecule has 4 heteroatoms. The quantitative estimate of drug-likeness (QED) is 0.662. The molecule has 0 heterocycles. The molecule has 1 aromatic rings. The van der Waals surface area contributed by atoms with Gasteiger partial charge in [-0.25, -0.2) is 0 Å². The van der Waals surface area contributed by atoms with Crippen LogP contribution in [-0.4, -0.2) is 23.2 Å². The lowest BCUT2D eigenvalue weighted by atomic mass is 10.1. The molecule has 0 saturated heterocycles. The Morgan fingerprint density at radius 2 is 2.25 bits per heavy atom. The van der Waals surface area contributed by atoms with Crippen LogP contribution >= 0.6 is 0 Å². The van der Waals surface area contributed by atoms with Gasteiger partial charge in [-0.15, -0.1) is 0 Å².